The van der Waals surface area contributed by atoms with Crippen LogP contribution >= 0.6 is 34.2 Å². The van der Waals surface area contributed by atoms with Gasteiger partial charge in [0.25, 0.3) is 0 Å². The summed E-state index contributed by atoms with van der Waals surface area (Å²) in [6.45, 7) is 6.51. The smallest absolute Gasteiger partial charge is 0.0701 e. The minimum absolute atomic E-state index is 0.590. The summed E-state index contributed by atoms with van der Waals surface area (Å²) >= 11 is 7.90. The molecule has 0 aliphatic heterocycles. The van der Waals surface area contributed by atoms with Crippen LogP contribution in [-0.4, -0.2) is 76.4 Å². The molecule has 0 aliphatic carbocycles. The SMILES string of the molecule is ClCCCCCCOCCOCCOCCOCCOCCI. The van der Waals surface area contributed by atoms with Crippen LogP contribution in [0.1, 0.15) is 25.7 Å². The molecule has 0 atom stereocenters. The van der Waals surface area contributed by atoms with Gasteiger partial charge in [-0.3, -0.25) is 0 Å². The van der Waals surface area contributed by atoms with E-state index >= 15 is 0 Å². The highest BCUT2D eigenvalue weighted by atomic mass is 127. The molecule has 0 aromatic rings. The van der Waals surface area contributed by atoms with Crippen LogP contribution in [0.5, 0.6) is 0 Å². The molecule has 0 aromatic carbocycles. The van der Waals surface area contributed by atoms with E-state index < -0.39 is 0 Å². The van der Waals surface area contributed by atoms with Gasteiger partial charge in [-0.25, -0.2) is 0 Å². The molecule has 23 heavy (non-hydrogen) atoms. The zero-order valence-electron chi connectivity index (χ0n) is 14.1. The number of alkyl halides is 2. The largest absolute Gasteiger partial charge is 0.379 e. The summed E-state index contributed by atoms with van der Waals surface area (Å²) in [4.78, 5) is 0. The van der Waals surface area contributed by atoms with Crippen LogP contribution in [0.15, 0.2) is 0 Å². The number of hydrogen-bond acceptors (Lipinski definition) is 5. The molecule has 0 bridgehead atoms. The van der Waals surface area contributed by atoms with Crippen molar-refractivity contribution in [2.24, 2.45) is 0 Å². The van der Waals surface area contributed by atoms with Crippen molar-refractivity contribution in [2.45, 2.75) is 25.7 Å². The Balaban J connectivity index is 2.92. The van der Waals surface area contributed by atoms with Crippen molar-refractivity contribution < 1.29 is 23.7 Å². The number of ether oxygens (including phenoxy) is 5. The van der Waals surface area contributed by atoms with Crippen LogP contribution in [0.25, 0.3) is 0 Å². The summed E-state index contributed by atoms with van der Waals surface area (Å²) in [7, 11) is 0. The second-order valence-corrected chi connectivity index (χ2v) is 6.31. The molecule has 0 fully saturated rings. The van der Waals surface area contributed by atoms with E-state index in [1.54, 1.807) is 0 Å². The van der Waals surface area contributed by atoms with Crippen LogP contribution in [0, 0.1) is 0 Å². The molecule has 0 aromatic heterocycles. The highest BCUT2D eigenvalue weighted by Crippen LogP contribution is 2.01. The third-order valence-corrected chi connectivity index (χ3v) is 3.59. The van der Waals surface area contributed by atoms with Gasteiger partial charge in [0.1, 0.15) is 0 Å². The van der Waals surface area contributed by atoms with Crippen molar-refractivity contribution >= 4 is 34.2 Å². The minimum Gasteiger partial charge on any atom is -0.379 e. The molecule has 0 heterocycles. The zero-order chi connectivity index (χ0) is 16.8. The van der Waals surface area contributed by atoms with Gasteiger partial charge in [-0.05, 0) is 12.8 Å². The second kappa shape index (κ2) is 22.8. The fraction of sp³-hybridized carbons (Fsp3) is 1.00. The summed E-state index contributed by atoms with van der Waals surface area (Å²) in [5, 5.41) is 0. The maximum absolute atomic E-state index is 5.61. The highest BCUT2D eigenvalue weighted by molar-refractivity contribution is 14.1. The Bertz CT molecular complexity index is 193. The lowest BCUT2D eigenvalue weighted by molar-refractivity contribution is -0.0102. The van der Waals surface area contributed by atoms with Gasteiger partial charge in [-0.1, -0.05) is 35.4 Å². The Morgan fingerprint density at radius 1 is 0.478 bits per heavy atom. The Hall–Kier alpha value is 0.820. The summed E-state index contributed by atoms with van der Waals surface area (Å²) in [5.74, 6) is 0.760. The molecule has 0 spiro atoms. The summed E-state index contributed by atoms with van der Waals surface area (Å²) < 4.78 is 28.0. The topological polar surface area (TPSA) is 46.2 Å². The maximum Gasteiger partial charge on any atom is 0.0701 e. The molecule has 0 amide bonds. The third-order valence-electron chi connectivity index (χ3n) is 2.88. The molecule has 0 unspecified atom stereocenters. The van der Waals surface area contributed by atoms with Crippen molar-refractivity contribution in [3.8, 4) is 0 Å². The molecule has 7 heteroatoms. The lowest BCUT2D eigenvalue weighted by Gasteiger charge is -2.07. The quantitative estimate of drug-likeness (QED) is 0.156. The Kier molecular flexibility index (Phi) is 23.6. The van der Waals surface area contributed by atoms with Gasteiger partial charge in [0.15, 0.2) is 0 Å². The van der Waals surface area contributed by atoms with Crippen LogP contribution in [0.2, 0.25) is 0 Å². The van der Waals surface area contributed by atoms with Gasteiger partial charge in [0.2, 0.25) is 0 Å². The predicted molar refractivity (Wildman–Crippen MR) is 102 cm³/mol. The van der Waals surface area contributed by atoms with Crippen LogP contribution < -0.4 is 0 Å². The van der Waals surface area contributed by atoms with Crippen molar-refractivity contribution in [3.63, 3.8) is 0 Å². The zero-order valence-corrected chi connectivity index (χ0v) is 17.0. The Labute approximate surface area is 159 Å². The van der Waals surface area contributed by atoms with E-state index in [4.69, 9.17) is 35.3 Å². The number of halogens is 2. The molecule has 0 saturated carbocycles. The van der Waals surface area contributed by atoms with Crippen molar-refractivity contribution in [2.75, 3.05) is 76.4 Å². The van der Waals surface area contributed by atoms with Gasteiger partial charge in [0.05, 0.1) is 59.5 Å². The van der Waals surface area contributed by atoms with Crippen LogP contribution in [-0.2, 0) is 23.7 Å². The first-order valence-corrected chi connectivity index (χ1v) is 10.5. The first kappa shape index (κ1) is 23.8. The number of hydrogen-bond donors (Lipinski definition) is 0. The van der Waals surface area contributed by atoms with E-state index in [2.05, 4.69) is 22.6 Å². The van der Waals surface area contributed by atoms with Gasteiger partial charge in [0, 0.05) is 16.9 Å². The first-order valence-electron chi connectivity index (χ1n) is 8.42. The number of rotatable bonds is 20. The van der Waals surface area contributed by atoms with E-state index in [1.807, 2.05) is 0 Å². The predicted octanol–water partition coefficient (Wildman–Crippen LogP) is 3.30. The number of unbranched alkanes of at least 4 members (excludes halogenated alkanes) is 3. The van der Waals surface area contributed by atoms with Crippen LogP contribution in [0.4, 0.5) is 0 Å². The third kappa shape index (κ3) is 22.8. The van der Waals surface area contributed by atoms with Gasteiger partial charge < -0.3 is 23.7 Å². The van der Waals surface area contributed by atoms with E-state index in [0.29, 0.717) is 52.9 Å². The van der Waals surface area contributed by atoms with E-state index in [9.17, 15) is 0 Å². The van der Waals surface area contributed by atoms with Gasteiger partial charge >= 0.3 is 0 Å². The first-order chi connectivity index (χ1) is 11.4. The molecule has 0 aliphatic rings. The summed E-state index contributed by atoms with van der Waals surface area (Å²) in [6, 6.07) is 0. The Morgan fingerprint density at radius 2 is 0.870 bits per heavy atom. The maximum atomic E-state index is 5.61. The van der Waals surface area contributed by atoms with Crippen molar-refractivity contribution in [1.82, 2.24) is 0 Å². The molecule has 5 nitrogen and oxygen atoms in total. The van der Waals surface area contributed by atoms with E-state index in [0.717, 1.165) is 36.4 Å². The van der Waals surface area contributed by atoms with E-state index in [1.165, 1.54) is 12.8 Å². The van der Waals surface area contributed by atoms with Gasteiger partial charge in [-0.2, -0.15) is 0 Å². The molecule has 0 saturated heterocycles. The lowest BCUT2D eigenvalue weighted by Crippen LogP contribution is -2.13. The normalized spacial score (nSPS) is 11.2. The molecule has 0 radical (unpaired) electrons. The average molecular weight is 467 g/mol. The van der Waals surface area contributed by atoms with Crippen molar-refractivity contribution in [3.05, 3.63) is 0 Å². The van der Waals surface area contributed by atoms with Crippen molar-refractivity contribution in [1.29, 1.82) is 0 Å². The monoisotopic (exact) mass is 466 g/mol. The summed E-state index contributed by atoms with van der Waals surface area (Å²) in [6.07, 6.45) is 4.58. The average Bonchev–Trinajstić information content (AvgIpc) is 2.57. The standard InChI is InChI=1S/C16H32ClIO5/c17-5-3-1-2-4-7-19-9-11-21-13-15-23-16-14-22-12-10-20-8-6-18/h1-16H2. The molecule has 140 valence electrons. The fourth-order valence-corrected chi connectivity index (χ4v) is 2.19. The van der Waals surface area contributed by atoms with Crippen LogP contribution in [0.3, 0.4) is 0 Å². The molecular weight excluding hydrogens is 435 g/mol. The second-order valence-electron chi connectivity index (χ2n) is 4.85. The Morgan fingerprint density at radius 3 is 1.30 bits per heavy atom. The molecule has 0 rings (SSSR count). The molecule has 0 N–H and O–H groups in total. The van der Waals surface area contributed by atoms with E-state index in [-0.39, 0.29) is 0 Å². The lowest BCUT2D eigenvalue weighted by atomic mass is 10.2. The summed E-state index contributed by atoms with van der Waals surface area (Å²) in [5.41, 5.74) is 0. The fourth-order valence-electron chi connectivity index (χ4n) is 1.69. The highest BCUT2D eigenvalue weighted by Gasteiger charge is 1.94. The van der Waals surface area contributed by atoms with Gasteiger partial charge in [-0.15, -0.1) is 11.6 Å². The molecular formula is C16H32ClIO5. The minimum atomic E-state index is 0.590.